The lowest BCUT2D eigenvalue weighted by Gasteiger charge is -2.21. The SMILES string of the molecule is CCC(CC)C1CCN(C(=O)c2ccc(C(=O)O)o2)C1. The van der Waals surface area contributed by atoms with Crippen molar-refractivity contribution in [1.82, 2.24) is 4.90 Å². The van der Waals surface area contributed by atoms with Gasteiger partial charge in [0, 0.05) is 13.1 Å². The normalized spacial score (nSPS) is 18.8. The summed E-state index contributed by atoms with van der Waals surface area (Å²) in [6, 6.07) is 2.76. The molecule has 0 saturated carbocycles. The molecule has 2 rings (SSSR count). The van der Waals surface area contributed by atoms with E-state index in [1.807, 2.05) is 0 Å². The third-order valence-electron chi connectivity index (χ3n) is 4.25. The third-order valence-corrected chi connectivity index (χ3v) is 4.25. The quantitative estimate of drug-likeness (QED) is 0.899. The van der Waals surface area contributed by atoms with Crippen molar-refractivity contribution in [3.63, 3.8) is 0 Å². The molecule has 1 N–H and O–H groups in total. The van der Waals surface area contributed by atoms with E-state index >= 15 is 0 Å². The second-order valence-electron chi connectivity index (χ2n) is 5.35. The van der Waals surface area contributed by atoms with Gasteiger partial charge in [-0.2, -0.15) is 0 Å². The Balaban J connectivity index is 2.02. The fraction of sp³-hybridized carbons (Fsp3) is 0.600. The largest absolute Gasteiger partial charge is 0.475 e. The van der Waals surface area contributed by atoms with E-state index in [9.17, 15) is 9.59 Å². The van der Waals surface area contributed by atoms with Crippen molar-refractivity contribution in [3.05, 3.63) is 23.7 Å². The third kappa shape index (κ3) is 2.86. The van der Waals surface area contributed by atoms with E-state index in [4.69, 9.17) is 9.52 Å². The Hall–Kier alpha value is -1.78. The standard InChI is InChI=1S/C15H21NO4/c1-3-10(4-2)11-7-8-16(9-11)14(17)12-5-6-13(20-12)15(18)19/h5-6,10-11H,3-4,7-9H2,1-2H3,(H,18,19). The lowest BCUT2D eigenvalue weighted by atomic mass is 9.87. The molecule has 0 bridgehead atoms. The van der Waals surface area contributed by atoms with Crippen LogP contribution in [0.3, 0.4) is 0 Å². The first-order valence-electron chi connectivity index (χ1n) is 7.19. The van der Waals surface area contributed by atoms with Gasteiger partial charge in [-0.25, -0.2) is 4.79 Å². The summed E-state index contributed by atoms with van der Waals surface area (Å²) in [5, 5.41) is 8.81. The second-order valence-corrected chi connectivity index (χ2v) is 5.35. The molecular formula is C15H21NO4. The first kappa shape index (κ1) is 14.6. The molecule has 1 aromatic heterocycles. The van der Waals surface area contributed by atoms with Gasteiger partial charge in [0.2, 0.25) is 5.76 Å². The average Bonchev–Trinajstić information content (AvgIpc) is 3.09. The Kier molecular flexibility index (Phi) is 4.47. The van der Waals surface area contributed by atoms with Crippen molar-refractivity contribution in [2.24, 2.45) is 11.8 Å². The maximum absolute atomic E-state index is 12.3. The predicted molar refractivity (Wildman–Crippen MR) is 73.7 cm³/mol. The number of furan rings is 1. The van der Waals surface area contributed by atoms with Crippen molar-refractivity contribution < 1.29 is 19.1 Å². The van der Waals surface area contributed by atoms with E-state index in [0.717, 1.165) is 32.4 Å². The lowest BCUT2D eigenvalue weighted by Crippen LogP contribution is -2.29. The zero-order valence-corrected chi connectivity index (χ0v) is 12.0. The molecule has 20 heavy (non-hydrogen) atoms. The van der Waals surface area contributed by atoms with Crippen LogP contribution in [-0.4, -0.2) is 35.0 Å². The molecule has 0 aliphatic carbocycles. The maximum atomic E-state index is 12.3. The molecule has 5 nitrogen and oxygen atoms in total. The fourth-order valence-electron chi connectivity index (χ4n) is 3.04. The number of likely N-dealkylation sites (tertiary alicyclic amines) is 1. The van der Waals surface area contributed by atoms with Gasteiger partial charge < -0.3 is 14.4 Å². The first-order valence-corrected chi connectivity index (χ1v) is 7.19. The van der Waals surface area contributed by atoms with Crippen LogP contribution >= 0.6 is 0 Å². The van der Waals surface area contributed by atoms with E-state index < -0.39 is 5.97 Å². The summed E-state index contributed by atoms with van der Waals surface area (Å²) < 4.78 is 5.08. The molecule has 1 unspecified atom stereocenters. The molecule has 110 valence electrons. The van der Waals surface area contributed by atoms with Crippen molar-refractivity contribution in [1.29, 1.82) is 0 Å². The molecular weight excluding hydrogens is 258 g/mol. The molecule has 0 aromatic carbocycles. The smallest absolute Gasteiger partial charge is 0.371 e. The molecule has 1 aliphatic rings. The number of carboxylic acid groups (broad SMARTS) is 1. The van der Waals surface area contributed by atoms with Gasteiger partial charge in [-0.1, -0.05) is 26.7 Å². The van der Waals surface area contributed by atoms with Gasteiger partial charge in [0.15, 0.2) is 5.76 Å². The number of amides is 1. The minimum atomic E-state index is -1.15. The van der Waals surface area contributed by atoms with Crippen molar-refractivity contribution >= 4 is 11.9 Å². The highest BCUT2D eigenvalue weighted by molar-refractivity contribution is 5.93. The number of hydrogen-bond acceptors (Lipinski definition) is 3. The van der Waals surface area contributed by atoms with Crippen LogP contribution in [0.5, 0.6) is 0 Å². The van der Waals surface area contributed by atoms with E-state index in [1.54, 1.807) is 4.90 Å². The summed E-state index contributed by atoms with van der Waals surface area (Å²) in [4.78, 5) is 24.8. The summed E-state index contributed by atoms with van der Waals surface area (Å²) in [6.45, 7) is 5.84. The fourth-order valence-corrected chi connectivity index (χ4v) is 3.04. The molecule has 0 spiro atoms. The molecule has 2 heterocycles. The highest BCUT2D eigenvalue weighted by Gasteiger charge is 2.32. The number of nitrogens with zero attached hydrogens (tertiary/aromatic N) is 1. The molecule has 1 aliphatic heterocycles. The number of rotatable bonds is 5. The van der Waals surface area contributed by atoms with Gasteiger partial charge in [0.1, 0.15) is 0 Å². The molecule has 1 fully saturated rings. The van der Waals surface area contributed by atoms with Gasteiger partial charge >= 0.3 is 5.97 Å². The number of aromatic carboxylic acids is 1. The zero-order valence-electron chi connectivity index (χ0n) is 12.0. The van der Waals surface area contributed by atoms with E-state index in [0.29, 0.717) is 11.8 Å². The summed E-state index contributed by atoms with van der Waals surface area (Å²) in [5.74, 6) is -0.232. The molecule has 1 aromatic rings. The van der Waals surface area contributed by atoms with Crippen LogP contribution < -0.4 is 0 Å². The Morgan fingerprint density at radius 3 is 2.55 bits per heavy atom. The summed E-state index contributed by atoms with van der Waals surface area (Å²) in [5.41, 5.74) is 0. The molecule has 1 saturated heterocycles. The number of carboxylic acids is 1. The lowest BCUT2D eigenvalue weighted by molar-refractivity contribution is 0.0652. The highest BCUT2D eigenvalue weighted by Crippen LogP contribution is 2.29. The van der Waals surface area contributed by atoms with Crippen molar-refractivity contribution in [2.75, 3.05) is 13.1 Å². The van der Waals surface area contributed by atoms with Crippen LogP contribution in [0.4, 0.5) is 0 Å². The van der Waals surface area contributed by atoms with Gasteiger partial charge in [0.25, 0.3) is 5.91 Å². The van der Waals surface area contributed by atoms with Crippen molar-refractivity contribution in [3.8, 4) is 0 Å². The Morgan fingerprint density at radius 1 is 1.35 bits per heavy atom. The molecule has 5 heteroatoms. The monoisotopic (exact) mass is 279 g/mol. The van der Waals surface area contributed by atoms with Crippen LogP contribution in [0.15, 0.2) is 16.5 Å². The van der Waals surface area contributed by atoms with Crippen LogP contribution in [0.2, 0.25) is 0 Å². The van der Waals surface area contributed by atoms with Crippen molar-refractivity contribution in [2.45, 2.75) is 33.1 Å². The van der Waals surface area contributed by atoms with Gasteiger partial charge in [0.05, 0.1) is 0 Å². The minimum absolute atomic E-state index is 0.118. The molecule has 1 amide bonds. The van der Waals surface area contributed by atoms with Crippen LogP contribution in [0.1, 0.15) is 54.2 Å². The molecule has 0 radical (unpaired) electrons. The zero-order chi connectivity index (χ0) is 14.7. The Morgan fingerprint density at radius 2 is 2.00 bits per heavy atom. The summed E-state index contributed by atoms with van der Waals surface area (Å²) in [7, 11) is 0. The average molecular weight is 279 g/mol. The highest BCUT2D eigenvalue weighted by atomic mass is 16.4. The summed E-state index contributed by atoms with van der Waals surface area (Å²) in [6.07, 6.45) is 3.28. The van der Waals surface area contributed by atoms with Crippen LogP contribution in [0.25, 0.3) is 0 Å². The van der Waals surface area contributed by atoms with E-state index in [2.05, 4.69) is 13.8 Å². The van der Waals surface area contributed by atoms with E-state index in [1.165, 1.54) is 12.1 Å². The minimum Gasteiger partial charge on any atom is -0.475 e. The predicted octanol–water partition coefficient (Wildman–Crippen LogP) is 2.88. The van der Waals surface area contributed by atoms with Gasteiger partial charge in [-0.3, -0.25) is 4.79 Å². The van der Waals surface area contributed by atoms with E-state index in [-0.39, 0.29) is 17.4 Å². The second kappa shape index (κ2) is 6.11. The number of hydrogen-bond donors (Lipinski definition) is 1. The Bertz CT molecular complexity index is 490. The number of carbonyl (C=O) groups excluding carboxylic acids is 1. The maximum Gasteiger partial charge on any atom is 0.371 e. The van der Waals surface area contributed by atoms with Crippen LogP contribution in [-0.2, 0) is 0 Å². The molecule has 1 atom stereocenters. The summed E-state index contributed by atoms with van der Waals surface area (Å²) >= 11 is 0. The first-order chi connectivity index (χ1) is 9.56. The van der Waals surface area contributed by atoms with Gasteiger partial charge in [-0.05, 0) is 30.4 Å². The topological polar surface area (TPSA) is 70.8 Å². The van der Waals surface area contributed by atoms with Gasteiger partial charge in [-0.15, -0.1) is 0 Å². The Labute approximate surface area is 118 Å². The number of carbonyl (C=O) groups is 2. The van der Waals surface area contributed by atoms with Crippen LogP contribution in [0, 0.1) is 11.8 Å².